The van der Waals surface area contributed by atoms with Crippen LogP contribution in [0.3, 0.4) is 0 Å². The molecule has 0 bridgehead atoms. The van der Waals surface area contributed by atoms with Crippen LogP contribution < -0.4 is 10.9 Å². The molecule has 1 saturated heterocycles. The molecule has 4 rings (SSSR count). The molecule has 1 aliphatic heterocycles. The summed E-state index contributed by atoms with van der Waals surface area (Å²) in [5.74, 6) is 0.954. The van der Waals surface area contributed by atoms with Crippen LogP contribution in [0.5, 0.6) is 0 Å². The number of halogens is 1. The molecule has 162 valence electrons. The number of aryl methyl sites for hydroxylation is 1. The van der Waals surface area contributed by atoms with Crippen LogP contribution in [0, 0.1) is 19.7 Å². The van der Waals surface area contributed by atoms with E-state index in [-0.39, 0.29) is 17.4 Å². The van der Waals surface area contributed by atoms with Gasteiger partial charge in [-0.3, -0.25) is 9.69 Å². The van der Waals surface area contributed by atoms with Gasteiger partial charge in [0.05, 0.1) is 19.3 Å². The lowest BCUT2D eigenvalue weighted by Crippen LogP contribution is -2.41. The number of hydrogen-bond donors (Lipinski definition) is 2. The molecular weight excluding hydrogens is 397 g/mol. The summed E-state index contributed by atoms with van der Waals surface area (Å²) in [4.78, 5) is 26.0. The molecule has 1 unspecified atom stereocenters. The summed E-state index contributed by atoms with van der Waals surface area (Å²) in [6.07, 6.45) is 1.68. The highest BCUT2D eigenvalue weighted by molar-refractivity contribution is 5.56. The number of benzene rings is 1. The lowest BCUT2D eigenvalue weighted by Gasteiger charge is -2.35. The van der Waals surface area contributed by atoms with Gasteiger partial charge in [-0.1, -0.05) is 12.1 Å². The highest BCUT2D eigenvalue weighted by Gasteiger charge is 2.23. The van der Waals surface area contributed by atoms with Gasteiger partial charge >= 0.3 is 0 Å². The van der Waals surface area contributed by atoms with Crippen molar-refractivity contribution in [2.75, 3.05) is 38.2 Å². The van der Waals surface area contributed by atoms with Crippen molar-refractivity contribution >= 4 is 5.82 Å². The van der Waals surface area contributed by atoms with Crippen LogP contribution in [-0.4, -0.2) is 52.7 Å². The van der Waals surface area contributed by atoms with E-state index in [1.165, 1.54) is 6.07 Å². The highest BCUT2D eigenvalue weighted by atomic mass is 19.1. The quantitative estimate of drug-likeness (QED) is 0.634. The molecule has 7 nitrogen and oxygen atoms in total. The molecule has 0 amide bonds. The summed E-state index contributed by atoms with van der Waals surface area (Å²) >= 11 is 0. The van der Waals surface area contributed by atoms with E-state index in [0.29, 0.717) is 42.7 Å². The third-order valence-corrected chi connectivity index (χ3v) is 5.63. The number of ether oxygens (including phenoxy) is 1. The fourth-order valence-corrected chi connectivity index (χ4v) is 3.68. The molecule has 3 aromatic rings. The third kappa shape index (κ3) is 4.98. The minimum Gasteiger partial charge on any atom is -0.379 e. The van der Waals surface area contributed by atoms with Gasteiger partial charge in [-0.25, -0.2) is 14.4 Å². The Hall–Kier alpha value is -3.10. The predicted molar refractivity (Wildman–Crippen MR) is 118 cm³/mol. The number of pyridine rings is 1. The number of aromatic nitrogens is 3. The van der Waals surface area contributed by atoms with Gasteiger partial charge in [0.25, 0.3) is 5.56 Å². The number of H-pyrrole nitrogens is 1. The Balaban J connectivity index is 1.50. The molecule has 0 radical (unpaired) electrons. The predicted octanol–water partition coefficient (Wildman–Crippen LogP) is 3.07. The molecule has 8 heteroatoms. The summed E-state index contributed by atoms with van der Waals surface area (Å²) in [5.41, 5.74) is 2.82. The Morgan fingerprint density at radius 3 is 2.71 bits per heavy atom. The first kappa shape index (κ1) is 21.1. The molecule has 2 N–H and O–H groups in total. The normalized spacial score (nSPS) is 15.6. The summed E-state index contributed by atoms with van der Waals surface area (Å²) in [7, 11) is 0. The van der Waals surface area contributed by atoms with Crippen molar-refractivity contribution in [3.63, 3.8) is 0 Å². The number of anilines is 1. The fraction of sp³-hybridized carbons (Fsp3) is 0.348. The van der Waals surface area contributed by atoms with Crippen molar-refractivity contribution < 1.29 is 9.13 Å². The molecule has 31 heavy (non-hydrogen) atoms. The molecule has 1 aromatic carbocycles. The van der Waals surface area contributed by atoms with Gasteiger partial charge in [0.2, 0.25) is 0 Å². The van der Waals surface area contributed by atoms with Crippen molar-refractivity contribution in [2.45, 2.75) is 19.9 Å². The second-order valence-electron chi connectivity index (χ2n) is 7.66. The molecule has 0 aliphatic carbocycles. The van der Waals surface area contributed by atoms with Crippen molar-refractivity contribution in [1.29, 1.82) is 0 Å². The maximum atomic E-state index is 13.8. The number of nitrogens with zero attached hydrogens (tertiary/aromatic N) is 3. The van der Waals surface area contributed by atoms with Crippen LogP contribution >= 0.6 is 0 Å². The van der Waals surface area contributed by atoms with Crippen LogP contribution in [0.25, 0.3) is 11.4 Å². The van der Waals surface area contributed by atoms with E-state index in [0.717, 1.165) is 24.2 Å². The molecular formula is C23H26FN5O2. The second-order valence-corrected chi connectivity index (χ2v) is 7.66. The minimum absolute atomic E-state index is 0.00107. The zero-order valence-electron chi connectivity index (χ0n) is 17.7. The summed E-state index contributed by atoms with van der Waals surface area (Å²) in [6, 6.07) is 10.4. The Kier molecular flexibility index (Phi) is 6.39. The number of hydrogen-bond acceptors (Lipinski definition) is 6. The van der Waals surface area contributed by atoms with Crippen LogP contribution in [0.15, 0.2) is 47.4 Å². The van der Waals surface area contributed by atoms with Gasteiger partial charge in [-0.15, -0.1) is 0 Å². The van der Waals surface area contributed by atoms with Gasteiger partial charge in [0.15, 0.2) is 0 Å². The van der Waals surface area contributed by atoms with E-state index in [4.69, 9.17) is 4.74 Å². The van der Waals surface area contributed by atoms with E-state index in [1.807, 2.05) is 25.1 Å². The Morgan fingerprint density at radius 2 is 2.03 bits per heavy atom. The Bertz CT molecular complexity index is 1090. The van der Waals surface area contributed by atoms with Crippen molar-refractivity contribution in [3.05, 3.63) is 75.6 Å². The molecule has 0 saturated carbocycles. The largest absolute Gasteiger partial charge is 0.379 e. The number of aromatic amines is 1. The monoisotopic (exact) mass is 423 g/mol. The van der Waals surface area contributed by atoms with Crippen LogP contribution in [-0.2, 0) is 4.74 Å². The van der Waals surface area contributed by atoms with Gasteiger partial charge < -0.3 is 15.0 Å². The van der Waals surface area contributed by atoms with Crippen LogP contribution in [0.4, 0.5) is 10.2 Å². The molecule has 1 fully saturated rings. The fourth-order valence-electron chi connectivity index (χ4n) is 3.68. The molecule has 1 aliphatic rings. The van der Waals surface area contributed by atoms with Crippen LogP contribution in [0.1, 0.15) is 22.9 Å². The van der Waals surface area contributed by atoms with E-state index in [2.05, 4.69) is 25.2 Å². The smallest absolute Gasteiger partial charge is 0.254 e. The van der Waals surface area contributed by atoms with Gasteiger partial charge in [0, 0.05) is 42.7 Å². The number of rotatable bonds is 6. The maximum Gasteiger partial charge on any atom is 0.254 e. The van der Waals surface area contributed by atoms with E-state index >= 15 is 0 Å². The van der Waals surface area contributed by atoms with E-state index in [1.54, 1.807) is 25.3 Å². The molecule has 3 heterocycles. The zero-order chi connectivity index (χ0) is 21.8. The van der Waals surface area contributed by atoms with Crippen LogP contribution in [0.2, 0.25) is 0 Å². The minimum atomic E-state index is -0.242. The molecule has 0 spiro atoms. The van der Waals surface area contributed by atoms with Crippen molar-refractivity contribution in [1.82, 2.24) is 19.9 Å². The highest BCUT2D eigenvalue weighted by Crippen LogP contribution is 2.24. The van der Waals surface area contributed by atoms with Gasteiger partial charge in [-0.2, -0.15) is 0 Å². The van der Waals surface area contributed by atoms with E-state index in [9.17, 15) is 9.18 Å². The average Bonchev–Trinajstić information content (AvgIpc) is 2.78. The first-order valence-electron chi connectivity index (χ1n) is 10.4. The lowest BCUT2D eigenvalue weighted by atomic mass is 10.0. The molecule has 2 aromatic heterocycles. The third-order valence-electron chi connectivity index (χ3n) is 5.63. The molecule has 1 atom stereocenters. The summed E-state index contributed by atoms with van der Waals surface area (Å²) in [6.45, 7) is 7.06. The first-order valence-corrected chi connectivity index (χ1v) is 10.4. The van der Waals surface area contributed by atoms with Gasteiger partial charge in [0.1, 0.15) is 17.5 Å². The standard InChI is InChI=1S/C23H26FN5O2/c1-15-16(2)27-22(28-23(15)30)18-6-7-21(25-13-18)26-14-20(29-8-10-31-11-9-29)17-4-3-5-19(24)12-17/h3-7,12-13,20H,8-11,14H2,1-2H3,(H,25,26)(H,27,28,30). The average molecular weight is 423 g/mol. The first-order chi connectivity index (χ1) is 15.0. The summed E-state index contributed by atoms with van der Waals surface area (Å²) in [5, 5.41) is 3.36. The van der Waals surface area contributed by atoms with Gasteiger partial charge in [-0.05, 0) is 43.7 Å². The van der Waals surface area contributed by atoms with E-state index < -0.39 is 0 Å². The maximum absolute atomic E-state index is 13.8. The topological polar surface area (TPSA) is 83.1 Å². The summed E-state index contributed by atoms with van der Waals surface area (Å²) < 4.78 is 19.3. The Labute approximate surface area is 180 Å². The Morgan fingerprint density at radius 1 is 1.23 bits per heavy atom. The lowest BCUT2D eigenvalue weighted by molar-refractivity contribution is 0.0186. The van der Waals surface area contributed by atoms with Crippen molar-refractivity contribution in [3.8, 4) is 11.4 Å². The van der Waals surface area contributed by atoms with Crippen molar-refractivity contribution in [2.24, 2.45) is 0 Å². The SMILES string of the molecule is Cc1nc(-c2ccc(NCC(c3cccc(F)c3)N3CCOCC3)nc2)[nH]c(=O)c1C. The number of nitrogens with one attached hydrogen (secondary N) is 2. The zero-order valence-corrected chi connectivity index (χ0v) is 17.7. The second kappa shape index (κ2) is 9.36. The number of morpholine rings is 1.